The first kappa shape index (κ1) is 30.0. The first-order valence-electron chi connectivity index (χ1n) is 10.2. The van der Waals surface area contributed by atoms with Crippen molar-refractivity contribution >= 4 is 12.3 Å². The Morgan fingerprint density at radius 2 is 2.00 bits per heavy atom. The van der Waals surface area contributed by atoms with Crippen LogP contribution in [0.4, 0.5) is 0 Å². The van der Waals surface area contributed by atoms with E-state index >= 15 is 0 Å². The maximum absolute atomic E-state index is 8.36. The molecule has 30 heavy (non-hydrogen) atoms. The van der Waals surface area contributed by atoms with Crippen LogP contribution < -0.4 is 22.1 Å². The molecule has 1 heterocycles. The summed E-state index contributed by atoms with van der Waals surface area (Å²) in [7, 11) is 1.00. The van der Waals surface area contributed by atoms with Gasteiger partial charge in [0.25, 0.3) is 6.47 Å². The second-order valence-electron chi connectivity index (χ2n) is 6.12. The van der Waals surface area contributed by atoms with Crippen LogP contribution >= 0.6 is 0 Å². The molecule has 0 spiro atoms. The third-order valence-corrected chi connectivity index (χ3v) is 4.36. The number of fused-ring (bicyclic) bond motifs is 1. The van der Waals surface area contributed by atoms with Crippen LogP contribution in [-0.4, -0.2) is 54.4 Å². The highest BCUT2D eigenvalue weighted by Crippen LogP contribution is 2.30. The molecule has 9 nitrogen and oxygen atoms in total. The molecule has 1 aromatic rings. The summed E-state index contributed by atoms with van der Waals surface area (Å²) in [4.78, 5) is 17.8. The van der Waals surface area contributed by atoms with Crippen molar-refractivity contribution < 1.29 is 24.6 Å². The Labute approximate surface area is 180 Å². The number of hydrogen-bond acceptors (Lipinski definition) is 7. The molecule has 9 heteroatoms. The molecule has 0 saturated carbocycles. The van der Waals surface area contributed by atoms with Crippen LogP contribution in [0.25, 0.3) is 0 Å². The second-order valence-corrected chi connectivity index (χ2v) is 6.12. The van der Waals surface area contributed by atoms with E-state index in [0.717, 1.165) is 49.7 Å². The van der Waals surface area contributed by atoms with E-state index in [0.29, 0.717) is 12.4 Å². The number of rotatable bonds is 7. The van der Waals surface area contributed by atoms with Gasteiger partial charge in [0.1, 0.15) is 23.8 Å². The van der Waals surface area contributed by atoms with Gasteiger partial charge in [0.2, 0.25) is 0 Å². The molecule has 1 aliphatic heterocycles. The van der Waals surface area contributed by atoms with Crippen molar-refractivity contribution in [3.05, 3.63) is 29.3 Å². The van der Waals surface area contributed by atoms with Gasteiger partial charge in [0, 0.05) is 12.7 Å². The van der Waals surface area contributed by atoms with Gasteiger partial charge >= 0.3 is 0 Å². The van der Waals surface area contributed by atoms with Gasteiger partial charge in [0.15, 0.2) is 0 Å². The number of carboxylic acid groups (broad SMARTS) is 1. The maximum Gasteiger partial charge on any atom is 0.290 e. The molecule has 1 aromatic carbocycles. The average molecular weight is 429 g/mol. The van der Waals surface area contributed by atoms with E-state index in [2.05, 4.69) is 18.0 Å². The highest BCUT2D eigenvalue weighted by Gasteiger charge is 2.25. The first-order valence-corrected chi connectivity index (χ1v) is 10.2. The predicted molar refractivity (Wildman–Crippen MR) is 121 cm³/mol. The molecule has 3 unspecified atom stereocenters. The second kappa shape index (κ2) is 18.8. The van der Waals surface area contributed by atoms with Crippen molar-refractivity contribution in [1.29, 1.82) is 0 Å². The summed E-state index contributed by atoms with van der Waals surface area (Å²) in [5.74, 6) is 6.68. The lowest BCUT2D eigenvalue weighted by atomic mass is 9.97. The topological polar surface area (TPSA) is 166 Å². The Kier molecular flexibility index (Phi) is 18.8. The molecule has 0 aromatic heterocycles. The number of nitrogens with zero attached hydrogens (tertiary/aromatic N) is 1. The van der Waals surface area contributed by atoms with Crippen LogP contribution in [0.2, 0.25) is 0 Å². The van der Waals surface area contributed by atoms with Crippen LogP contribution in [0.15, 0.2) is 23.2 Å². The molecule has 0 radical (unpaired) electrons. The Morgan fingerprint density at radius 1 is 1.40 bits per heavy atom. The van der Waals surface area contributed by atoms with Crippen molar-refractivity contribution in [3.8, 4) is 5.75 Å². The minimum absolute atomic E-state index is 0.0154. The van der Waals surface area contributed by atoms with Crippen molar-refractivity contribution in [1.82, 2.24) is 0 Å². The predicted octanol–water partition coefficient (Wildman–Crippen LogP) is 1.83. The number of aliphatic hydroxyl groups excluding tert-OH is 1. The SMILES string of the molecule is CC.CCC(CCN)N=C(N)c1ccc2c(c1)CCC(C(C)ON)O2.CO.O=CO. The average Bonchev–Trinajstić information content (AvgIpc) is 2.80. The molecule has 174 valence electrons. The zero-order valence-corrected chi connectivity index (χ0v) is 18.9. The van der Waals surface area contributed by atoms with E-state index in [1.54, 1.807) is 0 Å². The molecule has 0 aliphatic carbocycles. The Balaban J connectivity index is 0. The molecule has 0 fully saturated rings. The number of aliphatic imine (C=N–C) groups is 1. The number of ether oxygens (including phenoxy) is 1. The van der Waals surface area contributed by atoms with E-state index in [4.69, 9.17) is 41.9 Å². The Bertz CT molecular complexity index is 599. The van der Waals surface area contributed by atoms with Crippen LogP contribution in [0, 0.1) is 0 Å². The fourth-order valence-electron chi connectivity index (χ4n) is 2.81. The summed E-state index contributed by atoms with van der Waals surface area (Å²) >= 11 is 0. The highest BCUT2D eigenvalue weighted by atomic mass is 16.6. The van der Waals surface area contributed by atoms with Gasteiger partial charge in [-0.2, -0.15) is 0 Å². The summed E-state index contributed by atoms with van der Waals surface area (Å²) < 4.78 is 5.96. The fraction of sp³-hybridized carbons (Fsp3) is 0.619. The van der Waals surface area contributed by atoms with Gasteiger partial charge in [-0.05, 0) is 62.9 Å². The van der Waals surface area contributed by atoms with E-state index < -0.39 is 0 Å². The van der Waals surface area contributed by atoms with Gasteiger partial charge in [-0.15, -0.1) is 0 Å². The number of benzene rings is 1. The molecule has 1 aliphatic rings. The summed E-state index contributed by atoms with van der Waals surface area (Å²) in [5.41, 5.74) is 13.9. The van der Waals surface area contributed by atoms with E-state index in [9.17, 15) is 0 Å². The third kappa shape index (κ3) is 10.5. The molecule has 3 atom stereocenters. The summed E-state index contributed by atoms with van der Waals surface area (Å²) in [5, 5.41) is 13.9. The molecule has 0 amide bonds. The monoisotopic (exact) mass is 428 g/mol. The molecular formula is C21H40N4O5. The molecule has 8 N–H and O–H groups in total. The van der Waals surface area contributed by atoms with Gasteiger partial charge in [-0.25, -0.2) is 5.90 Å². The van der Waals surface area contributed by atoms with Gasteiger partial charge < -0.3 is 26.4 Å². The standard InChI is InChI=1S/C17H28N4O2.C2H6.CH2O2.CH4O/c1-3-14(8-9-18)21-17(19)13-5-7-16-12(10-13)4-6-15(22-16)11(2)23-20;1-2;2-1-3;1-2/h5,7,10-11,14-15H,3-4,6,8-9,18,20H2,1-2H3,(H2,19,21);1-2H3;1H,(H,2,3);2H,1H3. The van der Waals surface area contributed by atoms with E-state index in [1.807, 2.05) is 32.9 Å². The van der Waals surface area contributed by atoms with E-state index in [1.165, 1.54) is 0 Å². The van der Waals surface area contributed by atoms with Crippen LogP contribution in [0.1, 0.15) is 58.1 Å². The molecule has 2 rings (SSSR count). The van der Waals surface area contributed by atoms with E-state index in [-0.39, 0.29) is 24.7 Å². The summed E-state index contributed by atoms with van der Waals surface area (Å²) in [6.07, 6.45) is 3.43. The number of aliphatic hydroxyl groups is 1. The number of hydrogen-bond donors (Lipinski definition) is 5. The number of carbonyl (C=O) groups is 1. The zero-order chi connectivity index (χ0) is 23.5. The quantitative estimate of drug-likeness (QED) is 0.190. The fourth-order valence-corrected chi connectivity index (χ4v) is 2.81. The first-order chi connectivity index (χ1) is 14.5. The number of aryl methyl sites for hydroxylation is 1. The summed E-state index contributed by atoms with van der Waals surface area (Å²) in [6, 6.07) is 6.14. The largest absolute Gasteiger partial charge is 0.487 e. The van der Waals surface area contributed by atoms with Crippen molar-refractivity contribution in [3.63, 3.8) is 0 Å². The normalized spacial score (nSPS) is 16.5. The lowest BCUT2D eigenvalue weighted by Gasteiger charge is -2.29. The zero-order valence-electron chi connectivity index (χ0n) is 18.9. The van der Waals surface area contributed by atoms with Crippen molar-refractivity contribution in [2.24, 2.45) is 22.4 Å². The van der Waals surface area contributed by atoms with Crippen LogP contribution in [-0.2, 0) is 16.1 Å². The summed E-state index contributed by atoms with van der Waals surface area (Å²) in [6.45, 7) is 8.38. The van der Waals surface area contributed by atoms with Gasteiger partial charge in [-0.1, -0.05) is 20.8 Å². The molecule has 0 saturated heterocycles. The smallest absolute Gasteiger partial charge is 0.290 e. The van der Waals surface area contributed by atoms with Gasteiger partial charge in [-0.3, -0.25) is 14.6 Å². The molecule has 0 bridgehead atoms. The molecular weight excluding hydrogens is 388 g/mol. The minimum Gasteiger partial charge on any atom is -0.487 e. The van der Waals surface area contributed by atoms with Crippen LogP contribution in [0.3, 0.4) is 0 Å². The third-order valence-electron chi connectivity index (χ3n) is 4.36. The van der Waals surface area contributed by atoms with Crippen molar-refractivity contribution in [2.45, 2.75) is 71.6 Å². The van der Waals surface area contributed by atoms with Crippen LogP contribution in [0.5, 0.6) is 5.75 Å². The van der Waals surface area contributed by atoms with Crippen molar-refractivity contribution in [2.75, 3.05) is 13.7 Å². The number of amidine groups is 1. The maximum atomic E-state index is 8.36. The lowest BCUT2D eigenvalue weighted by molar-refractivity contribution is -0.122. The Morgan fingerprint density at radius 3 is 2.50 bits per heavy atom. The van der Waals surface area contributed by atoms with Gasteiger partial charge in [0.05, 0.1) is 6.04 Å². The highest BCUT2D eigenvalue weighted by molar-refractivity contribution is 5.98. The minimum atomic E-state index is -0.250. The lowest BCUT2D eigenvalue weighted by Crippen LogP contribution is -2.36. The number of nitrogens with two attached hydrogens (primary N) is 3. The Hall–Kier alpha value is -2.20.